The minimum Gasteiger partial charge on any atom is -0.489 e. The fraction of sp³-hybridized carbons (Fsp3) is 0.120. The molecule has 36 heavy (non-hydrogen) atoms. The number of fused-ring (bicyclic) bond motifs is 1. The molecule has 186 valence electrons. The minimum absolute atomic E-state index is 0.000628. The lowest BCUT2D eigenvalue weighted by atomic mass is 10.2. The molecule has 11 heteroatoms. The smallest absolute Gasteiger partial charge is 0.453 e. The number of methoxy groups -OCH3 is 1. The van der Waals surface area contributed by atoms with Gasteiger partial charge >= 0.3 is 12.1 Å². The molecule has 1 aromatic heterocycles. The number of alkyl halides is 3. The van der Waals surface area contributed by atoms with Gasteiger partial charge in [0.05, 0.1) is 18.1 Å². The number of carbonyl (C=O) groups is 1. The third-order valence-electron chi connectivity index (χ3n) is 4.98. The van der Waals surface area contributed by atoms with Crippen molar-refractivity contribution >= 4 is 40.1 Å². The second-order valence-electron chi connectivity index (χ2n) is 7.39. The van der Waals surface area contributed by atoms with Crippen LogP contribution in [0.3, 0.4) is 0 Å². The standard InChI is InChI=1S/C25H15Cl2F3O6/c1-33-24(32)13-3-6-16(7-4-13)35-22-21(31)18-9-8-17(11-20(18)36-23(22)25(28,29)30)34-12-14-2-5-15(26)10-19(14)27/h2-11H,12H2,1H3. The summed E-state index contributed by atoms with van der Waals surface area (Å²) < 4.78 is 61.9. The number of hydrogen-bond acceptors (Lipinski definition) is 6. The van der Waals surface area contributed by atoms with Crippen molar-refractivity contribution in [2.24, 2.45) is 0 Å². The average Bonchev–Trinajstić information content (AvgIpc) is 2.84. The van der Waals surface area contributed by atoms with Gasteiger partial charge in [0.1, 0.15) is 23.7 Å². The maximum Gasteiger partial charge on any atom is 0.453 e. The highest BCUT2D eigenvalue weighted by Gasteiger charge is 2.40. The molecule has 0 aliphatic rings. The molecule has 6 nitrogen and oxygen atoms in total. The summed E-state index contributed by atoms with van der Waals surface area (Å²) >= 11 is 12.0. The van der Waals surface area contributed by atoms with Crippen LogP contribution in [0.25, 0.3) is 11.0 Å². The molecule has 0 aliphatic carbocycles. The van der Waals surface area contributed by atoms with E-state index in [0.29, 0.717) is 15.6 Å². The molecule has 0 saturated heterocycles. The summed E-state index contributed by atoms with van der Waals surface area (Å²) in [5.41, 5.74) is -0.632. The van der Waals surface area contributed by atoms with Crippen LogP contribution in [0, 0.1) is 0 Å². The van der Waals surface area contributed by atoms with Crippen molar-refractivity contribution in [3.8, 4) is 17.2 Å². The van der Waals surface area contributed by atoms with E-state index in [1.54, 1.807) is 12.1 Å². The molecule has 0 amide bonds. The van der Waals surface area contributed by atoms with Crippen molar-refractivity contribution < 1.29 is 36.6 Å². The highest BCUT2D eigenvalue weighted by atomic mass is 35.5. The van der Waals surface area contributed by atoms with Gasteiger partial charge in [0.25, 0.3) is 5.76 Å². The summed E-state index contributed by atoms with van der Waals surface area (Å²) in [4.78, 5) is 24.5. The van der Waals surface area contributed by atoms with Crippen LogP contribution in [0.1, 0.15) is 21.7 Å². The van der Waals surface area contributed by atoms with Gasteiger partial charge in [-0.15, -0.1) is 0 Å². The molecule has 1 heterocycles. The van der Waals surface area contributed by atoms with Gasteiger partial charge < -0.3 is 18.6 Å². The van der Waals surface area contributed by atoms with E-state index < -0.39 is 29.1 Å². The van der Waals surface area contributed by atoms with Crippen molar-refractivity contribution in [3.05, 3.63) is 97.8 Å². The molecular weight excluding hydrogens is 524 g/mol. The van der Waals surface area contributed by atoms with Crippen molar-refractivity contribution in [1.29, 1.82) is 0 Å². The first kappa shape index (κ1) is 25.4. The van der Waals surface area contributed by atoms with E-state index in [-0.39, 0.29) is 34.6 Å². The van der Waals surface area contributed by atoms with Crippen molar-refractivity contribution in [3.63, 3.8) is 0 Å². The number of halogens is 5. The highest BCUT2D eigenvalue weighted by molar-refractivity contribution is 6.35. The Morgan fingerprint density at radius 3 is 2.31 bits per heavy atom. The lowest BCUT2D eigenvalue weighted by Gasteiger charge is -2.14. The third kappa shape index (κ3) is 5.42. The summed E-state index contributed by atoms with van der Waals surface area (Å²) in [6.07, 6.45) is -5.04. The van der Waals surface area contributed by atoms with Crippen LogP contribution < -0.4 is 14.9 Å². The summed E-state index contributed by atoms with van der Waals surface area (Å²) in [6, 6.07) is 13.7. The summed E-state index contributed by atoms with van der Waals surface area (Å²) in [5, 5.41) is 0.644. The average molecular weight is 539 g/mol. The monoisotopic (exact) mass is 538 g/mol. The summed E-state index contributed by atoms with van der Waals surface area (Å²) in [7, 11) is 1.19. The molecule has 3 aromatic carbocycles. The lowest BCUT2D eigenvalue weighted by molar-refractivity contribution is -0.154. The topological polar surface area (TPSA) is 75.0 Å². The molecule has 0 radical (unpaired) electrons. The lowest BCUT2D eigenvalue weighted by Crippen LogP contribution is -2.15. The maximum atomic E-state index is 13.8. The molecule has 0 fully saturated rings. The van der Waals surface area contributed by atoms with E-state index in [4.69, 9.17) is 37.1 Å². The fourth-order valence-electron chi connectivity index (χ4n) is 3.22. The Morgan fingerprint density at radius 2 is 1.67 bits per heavy atom. The molecule has 0 spiro atoms. The van der Waals surface area contributed by atoms with E-state index in [1.165, 1.54) is 55.6 Å². The molecule has 0 N–H and O–H groups in total. The Labute approximate surface area is 211 Å². The molecule has 4 rings (SSSR count). The second-order valence-corrected chi connectivity index (χ2v) is 8.23. The number of rotatable bonds is 6. The Bertz CT molecular complexity index is 1500. The number of ether oxygens (including phenoxy) is 3. The van der Waals surface area contributed by atoms with Gasteiger partial charge in [-0.2, -0.15) is 13.2 Å². The van der Waals surface area contributed by atoms with Gasteiger partial charge in [-0.05, 0) is 48.5 Å². The van der Waals surface area contributed by atoms with Gasteiger partial charge in [-0.1, -0.05) is 29.3 Å². The Balaban J connectivity index is 1.68. The predicted octanol–water partition coefficient (Wildman–Crippen LogP) is 7.28. The zero-order valence-electron chi connectivity index (χ0n) is 18.3. The maximum absolute atomic E-state index is 13.8. The van der Waals surface area contributed by atoms with E-state index in [0.717, 1.165) is 0 Å². The third-order valence-corrected chi connectivity index (χ3v) is 5.57. The second kappa shape index (κ2) is 10.1. The van der Waals surface area contributed by atoms with Gasteiger partial charge in [-0.3, -0.25) is 4.79 Å². The first-order valence-electron chi connectivity index (χ1n) is 10.2. The van der Waals surface area contributed by atoms with Crippen LogP contribution in [0.5, 0.6) is 17.2 Å². The normalized spacial score (nSPS) is 11.4. The molecular formula is C25H15Cl2F3O6. The summed E-state index contributed by atoms with van der Waals surface area (Å²) in [5.74, 6) is -3.26. The van der Waals surface area contributed by atoms with Crippen LogP contribution in [-0.4, -0.2) is 13.1 Å². The first-order chi connectivity index (χ1) is 17.1. The van der Waals surface area contributed by atoms with Gasteiger partial charge in [-0.25, -0.2) is 4.79 Å². The molecule has 0 bridgehead atoms. The number of carbonyl (C=O) groups excluding carboxylic acids is 1. The van der Waals surface area contributed by atoms with Crippen molar-refractivity contribution in [2.45, 2.75) is 12.8 Å². The van der Waals surface area contributed by atoms with E-state index in [1.807, 2.05) is 0 Å². The molecule has 0 aliphatic heterocycles. The number of benzene rings is 3. The molecule has 0 unspecified atom stereocenters. The quantitative estimate of drug-likeness (QED) is 0.240. The van der Waals surface area contributed by atoms with E-state index >= 15 is 0 Å². The summed E-state index contributed by atoms with van der Waals surface area (Å²) in [6.45, 7) is 0.000628. The Kier molecular flexibility index (Phi) is 7.14. The zero-order chi connectivity index (χ0) is 26.0. The number of hydrogen-bond donors (Lipinski definition) is 0. The van der Waals surface area contributed by atoms with Gasteiger partial charge in [0, 0.05) is 21.7 Å². The largest absolute Gasteiger partial charge is 0.489 e. The zero-order valence-corrected chi connectivity index (χ0v) is 19.8. The Morgan fingerprint density at radius 1 is 0.972 bits per heavy atom. The van der Waals surface area contributed by atoms with E-state index in [9.17, 15) is 22.8 Å². The SMILES string of the molecule is COC(=O)c1ccc(Oc2c(C(F)(F)F)oc3cc(OCc4ccc(Cl)cc4Cl)ccc3c2=O)cc1. The van der Waals surface area contributed by atoms with Gasteiger partial charge in [0.15, 0.2) is 0 Å². The fourth-order valence-corrected chi connectivity index (χ4v) is 3.68. The molecule has 0 saturated carbocycles. The van der Waals surface area contributed by atoms with Crippen LogP contribution in [0.4, 0.5) is 13.2 Å². The first-order valence-corrected chi connectivity index (χ1v) is 10.9. The minimum atomic E-state index is -5.04. The predicted molar refractivity (Wildman–Crippen MR) is 126 cm³/mol. The van der Waals surface area contributed by atoms with Crippen LogP contribution >= 0.6 is 23.2 Å². The highest BCUT2D eigenvalue weighted by Crippen LogP contribution is 2.38. The van der Waals surface area contributed by atoms with Crippen LogP contribution in [0.15, 0.2) is 69.9 Å². The van der Waals surface area contributed by atoms with Crippen molar-refractivity contribution in [1.82, 2.24) is 0 Å². The van der Waals surface area contributed by atoms with Crippen LogP contribution in [0.2, 0.25) is 10.0 Å². The Hall–Kier alpha value is -3.69. The van der Waals surface area contributed by atoms with Crippen molar-refractivity contribution in [2.75, 3.05) is 7.11 Å². The molecule has 0 atom stereocenters. The number of esters is 1. The van der Waals surface area contributed by atoms with E-state index in [2.05, 4.69) is 4.74 Å². The van der Waals surface area contributed by atoms with Gasteiger partial charge in [0.2, 0.25) is 11.2 Å². The molecule has 4 aromatic rings. The van der Waals surface area contributed by atoms with Crippen LogP contribution in [-0.2, 0) is 17.5 Å².